The van der Waals surface area contributed by atoms with Crippen LogP contribution >= 0.6 is 0 Å². The predicted octanol–water partition coefficient (Wildman–Crippen LogP) is 3.60. The molecule has 0 saturated carbocycles. The lowest BCUT2D eigenvalue weighted by molar-refractivity contribution is 0.0720. The van der Waals surface area contributed by atoms with Gasteiger partial charge in [0.25, 0.3) is 0 Å². The molecular formula is C21H18N6O2. The number of aryl methyl sites for hydroxylation is 1. The van der Waals surface area contributed by atoms with Crippen molar-refractivity contribution >= 4 is 16.9 Å². The van der Waals surface area contributed by atoms with Crippen LogP contribution in [0, 0.1) is 18.3 Å². The second kappa shape index (κ2) is 7.20. The first kappa shape index (κ1) is 18.4. The van der Waals surface area contributed by atoms with Gasteiger partial charge in [0.1, 0.15) is 6.07 Å². The Bertz CT molecular complexity index is 1250. The average Bonchev–Trinajstić information content (AvgIpc) is 3.29. The summed E-state index contributed by atoms with van der Waals surface area (Å²) in [5.74, 6) is -0.432. The third kappa shape index (κ3) is 3.34. The van der Waals surface area contributed by atoms with Gasteiger partial charge in [0.05, 0.1) is 16.9 Å². The highest BCUT2D eigenvalue weighted by Crippen LogP contribution is 2.26. The molecule has 4 aromatic rings. The van der Waals surface area contributed by atoms with Crippen LogP contribution in [-0.4, -0.2) is 30.5 Å². The van der Waals surface area contributed by atoms with E-state index >= 15 is 0 Å². The van der Waals surface area contributed by atoms with E-state index in [1.54, 1.807) is 25.1 Å². The van der Waals surface area contributed by atoms with Gasteiger partial charge in [0, 0.05) is 35.4 Å². The summed E-state index contributed by atoms with van der Waals surface area (Å²) in [4.78, 5) is 17.8. The van der Waals surface area contributed by atoms with Crippen molar-refractivity contribution in [1.82, 2.24) is 24.5 Å². The lowest BCUT2D eigenvalue weighted by atomic mass is 10.1. The molecule has 0 amide bonds. The fourth-order valence-corrected chi connectivity index (χ4v) is 3.12. The van der Waals surface area contributed by atoms with E-state index in [-0.39, 0.29) is 17.6 Å². The molecule has 3 aromatic heterocycles. The number of nitriles is 1. The molecule has 8 heteroatoms. The van der Waals surface area contributed by atoms with E-state index in [0.717, 1.165) is 10.9 Å². The number of carbonyl (C=O) groups excluding carboxylic acids is 1. The minimum Gasteiger partial charge on any atom is -0.403 e. The zero-order valence-electron chi connectivity index (χ0n) is 16.2. The van der Waals surface area contributed by atoms with Crippen LogP contribution in [0.4, 0.5) is 0 Å². The first-order chi connectivity index (χ1) is 14.0. The molecule has 29 heavy (non-hydrogen) atoms. The van der Waals surface area contributed by atoms with Crippen LogP contribution in [0.5, 0.6) is 5.88 Å². The molecule has 0 atom stereocenters. The number of rotatable bonds is 4. The Balaban J connectivity index is 1.71. The summed E-state index contributed by atoms with van der Waals surface area (Å²) in [5.41, 5.74) is 2.73. The summed E-state index contributed by atoms with van der Waals surface area (Å²) >= 11 is 0. The van der Waals surface area contributed by atoms with Crippen molar-refractivity contribution in [2.75, 3.05) is 0 Å². The summed E-state index contributed by atoms with van der Waals surface area (Å²) < 4.78 is 7.31. The van der Waals surface area contributed by atoms with Crippen LogP contribution in [0.15, 0.2) is 48.8 Å². The molecule has 144 valence electrons. The van der Waals surface area contributed by atoms with Gasteiger partial charge >= 0.3 is 5.97 Å². The predicted molar refractivity (Wildman–Crippen MR) is 106 cm³/mol. The van der Waals surface area contributed by atoms with Crippen LogP contribution < -0.4 is 4.74 Å². The minimum atomic E-state index is -0.628. The second-order valence-electron chi connectivity index (χ2n) is 6.84. The number of benzene rings is 1. The lowest BCUT2D eigenvalue weighted by Crippen LogP contribution is -2.12. The smallest absolute Gasteiger partial charge is 0.367 e. The highest BCUT2D eigenvalue weighted by molar-refractivity contribution is 5.90. The van der Waals surface area contributed by atoms with Gasteiger partial charge in [-0.3, -0.25) is 0 Å². The number of hydrogen-bond acceptors (Lipinski definition) is 6. The van der Waals surface area contributed by atoms with Crippen molar-refractivity contribution in [3.63, 3.8) is 0 Å². The van der Waals surface area contributed by atoms with E-state index in [2.05, 4.69) is 39.7 Å². The minimum absolute atomic E-state index is 0.107. The Morgan fingerprint density at radius 3 is 2.72 bits per heavy atom. The molecule has 4 rings (SSSR count). The maximum Gasteiger partial charge on any atom is 0.367 e. The third-order valence-electron chi connectivity index (χ3n) is 4.53. The number of aromatic nitrogens is 5. The van der Waals surface area contributed by atoms with E-state index in [0.29, 0.717) is 16.9 Å². The van der Waals surface area contributed by atoms with Crippen molar-refractivity contribution in [2.24, 2.45) is 0 Å². The van der Waals surface area contributed by atoms with Gasteiger partial charge in [-0.05, 0) is 45.0 Å². The molecule has 0 aliphatic carbocycles. The summed E-state index contributed by atoms with van der Waals surface area (Å²) in [6, 6.07) is 13.1. The number of ether oxygens (including phenoxy) is 1. The molecular weight excluding hydrogens is 368 g/mol. The van der Waals surface area contributed by atoms with Gasteiger partial charge in [-0.25, -0.2) is 9.78 Å². The van der Waals surface area contributed by atoms with Crippen molar-refractivity contribution in [1.29, 1.82) is 5.26 Å². The van der Waals surface area contributed by atoms with Crippen LogP contribution in [0.25, 0.3) is 16.6 Å². The molecule has 0 saturated heterocycles. The summed E-state index contributed by atoms with van der Waals surface area (Å²) in [6.07, 6.45) is 3.38. The van der Waals surface area contributed by atoms with Crippen LogP contribution in [0.3, 0.4) is 0 Å². The van der Waals surface area contributed by atoms with Gasteiger partial charge in [0.2, 0.25) is 5.88 Å². The second-order valence-corrected chi connectivity index (χ2v) is 6.84. The van der Waals surface area contributed by atoms with E-state index < -0.39 is 5.97 Å². The molecule has 0 bridgehead atoms. The topological polar surface area (TPSA) is 98.6 Å². The largest absolute Gasteiger partial charge is 0.403 e. The quantitative estimate of drug-likeness (QED) is 0.497. The Labute approximate surface area is 167 Å². The third-order valence-corrected chi connectivity index (χ3v) is 4.53. The highest BCUT2D eigenvalue weighted by atomic mass is 16.5. The molecule has 0 radical (unpaired) electrons. The summed E-state index contributed by atoms with van der Waals surface area (Å²) in [5, 5.41) is 18.9. The highest BCUT2D eigenvalue weighted by Gasteiger charge is 2.20. The van der Waals surface area contributed by atoms with E-state index in [4.69, 9.17) is 4.74 Å². The standard InChI is InChI=1S/C21H18N6O2/c1-13(2)26-12-15(11-22)17-10-16(7-8-18(17)26)27-24-14(3)20(25-27)21(28)29-19-6-4-5-9-23-19/h4-10,12-13H,1-3H3. The van der Waals surface area contributed by atoms with Gasteiger partial charge in [0.15, 0.2) is 5.69 Å². The van der Waals surface area contributed by atoms with Crippen LogP contribution in [0.1, 0.15) is 41.6 Å². The number of nitrogens with zero attached hydrogens (tertiary/aromatic N) is 6. The first-order valence-electron chi connectivity index (χ1n) is 9.10. The molecule has 8 nitrogen and oxygen atoms in total. The summed E-state index contributed by atoms with van der Waals surface area (Å²) in [6.45, 7) is 5.81. The molecule has 1 aromatic carbocycles. The van der Waals surface area contributed by atoms with E-state index in [1.807, 2.05) is 24.4 Å². The van der Waals surface area contributed by atoms with Crippen molar-refractivity contribution in [3.05, 3.63) is 65.7 Å². The molecule has 0 aliphatic rings. The fourth-order valence-electron chi connectivity index (χ4n) is 3.12. The number of fused-ring (bicyclic) bond motifs is 1. The van der Waals surface area contributed by atoms with Gasteiger partial charge < -0.3 is 9.30 Å². The Kier molecular flexibility index (Phi) is 4.56. The van der Waals surface area contributed by atoms with Crippen molar-refractivity contribution < 1.29 is 9.53 Å². The Morgan fingerprint density at radius 1 is 1.21 bits per heavy atom. The van der Waals surface area contributed by atoms with Gasteiger partial charge in [-0.15, -0.1) is 5.10 Å². The maximum absolute atomic E-state index is 12.4. The number of hydrogen-bond donors (Lipinski definition) is 0. The molecule has 0 spiro atoms. The summed E-state index contributed by atoms with van der Waals surface area (Å²) in [7, 11) is 0. The van der Waals surface area contributed by atoms with Crippen LogP contribution in [-0.2, 0) is 0 Å². The van der Waals surface area contributed by atoms with Gasteiger partial charge in [-0.2, -0.15) is 15.2 Å². The fraction of sp³-hybridized carbons (Fsp3) is 0.190. The molecule has 0 N–H and O–H groups in total. The zero-order valence-corrected chi connectivity index (χ0v) is 16.2. The first-order valence-corrected chi connectivity index (χ1v) is 9.10. The number of esters is 1. The average molecular weight is 386 g/mol. The molecule has 0 aliphatic heterocycles. The van der Waals surface area contributed by atoms with Gasteiger partial charge in [-0.1, -0.05) is 6.07 Å². The van der Waals surface area contributed by atoms with Crippen molar-refractivity contribution in [3.8, 4) is 17.6 Å². The molecule has 0 fully saturated rings. The maximum atomic E-state index is 12.4. The normalized spacial score (nSPS) is 11.0. The Hall–Kier alpha value is -3.99. The van der Waals surface area contributed by atoms with Crippen molar-refractivity contribution in [2.45, 2.75) is 26.8 Å². The number of carbonyl (C=O) groups is 1. The Morgan fingerprint density at radius 2 is 2.03 bits per heavy atom. The SMILES string of the molecule is Cc1nn(-c2ccc3c(c2)c(C#N)cn3C(C)C)nc1C(=O)Oc1ccccn1. The van der Waals surface area contributed by atoms with E-state index in [9.17, 15) is 10.1 Å². The molecule has 3 heterocycles. The number of pyridine rings is 1. The van der Waals surface area contributed by atoms with Crippen LogP contribution in [0.2, 0.25) is 0 Å². The zero-order chi connectivity index (χ0) is 20.5. The molecule has 0 unspecified atom stereocenters. The van der Waals surface area contributed by atoms with E-state index in [1.165, 1.54) is 11.0 Å². The monoisotopic (exact) mass is 386 g/mol. The lowest BCUT2D eigenvalue weighted by Gasteiger charge is -2.09.